The zero-order chi connectivity index (χ0) is 18.5. The van der Waals surface area contributed by atoms with E-state index in [1.54, 1.807) is 12.1 Å². The second-order valence-electron chi connectivity index (χ2n) is 6.30. The van der Waals surface area contributed by atoms with E-state index in [0.29, 0.717) is 12.1 Å². The lowest BCUT2D eigenvalue weighted by Gasteiger charge is -2.15. The van der Waals surface area contributed by atoms with Crippen molar-refractivity contribution in [2.75, 3.05) is 5.32 Å². The van der Waals surface area contributed by atoms with Crippen LogP contribution in [0.4, 0.5) is 10.1 Å². The number of halogens is 2. The van der Waals surface area contributed by atoms with Crippen molar-refractivity contribution in [1.29, 1.82) is 0 Å². The van der Waals surface area contributed by atoms with E-state index < -0.39 is 0 Å². The minimum atomic E-state index is -0.250. The predicted molar refractivity (Wildman–Crippen MR) is 108 cm³/mol. The van der Waals surface area contributed by atoms with Gasteiger partial charge in [-0.3, -0.25) is 0 Å². The van der Waals surface area contributed by atoms with E-state index in [9.17, 15) is 4.39 Å². The van der Waals surface area contributed by atoms with Crippen LogP contribution in [0.5, 0.6) is 5.75 Å². The molecule has 0 amide bonds. The van der Waals surface area contributed by atoms with Gasteiger partial charge >= 0.3 is 0 Å². The van der Waals surface area contributed by atoms with E-state index in [2.05, 4.69) is 53.3 Å². The Kier molecular flexibility index (Phi) is 5.94. The maximum absolute atomic E-state index is 13.8. The summed E-state index contributed by atoms with van der Waals surface area (Å²) in [7, 11) is 0. The van der Waals surface area contributed by atoms with Gasteiger partial charge in [0.05, 0.1) is 0 Å². The lowest BCUT2D eigenvalue weighted by Crippen LogP contribution is -2.05. The highest BCUT2D eigenvalue weighted by atomic mass is 79.9. The monoisotopic (exact) mass is 413 g/mol. The lowest BCUT2D eigenvalue weighted by atomic mass is 10.1. The van der Waals surface area contributed by atoms with Crippen molar-refractivity contribution in [3.63, 3.8) is 0 Å². The van der Waals surface area contributed by atoms with E-state index in [1.165, 1.54) is 17.2 Å². The summed E-state index contributed by atoms with van der Waals surface area (Å²) in [6.45, 7) is 4.98. The van der Waals surface area contributed by atoms with Crippen LogP contribution in [-0.2, 0) is 13.2 Å². The van der Waals surface area contributed by atoms with Crippen LogP contribution in [0.25, 0.3) is 0 Å². The Morgan fingerprint density at radius 3 is 2.58 bits per heavy atom. The van der Waals surface area contributed by atoms with Crippen LogP contribution in [0.15, 0.2) is 65.1 Å². The van der Waals surface area contributed by atoms with Crippen molar-refractivity contribution in [3.8, 4) is 5.75 Å². The molecule has 0 saturated heterocycles. The third-order valence-corrected chi connectivity index (χ3v) is 4.72. The van der Waals surface area contributed by atoms with E-state index in [0.717, 1.165) is 21.5 Å². The molecule has 3 aromatic carbocycles. The Morgan fingerprint density at radius 2 is 1.77 bits per heavy atom. The molecular formula is C22H21BrFNO. The second kappa shape index (κ2) is 8.37. The molecule has 3 aromatic rings. The molecule has 0 aliphatic heterocycles. The molecule has 0 spiro atoms. The van der Waals surface area contributed by atoms with Gasteiger partial charge < -0.3 is 10.1 Å². The predicted octanol–water partition coefficient (Wildman–Crippen LogP) is 6.40. The molecule has 0 aliphatic carbocycles. The summed E-state index contributed by atoms with van der Waals surface area (Å²) >= 11 is 3.51. The van der Waals surface area contributed by atoms with Gasteiger partial charge in [0.2, 0.25) is 0 Å². The van der Waals surface area contributed by atoms with Gasteiger partial charge in [0, 0.05) is 27.8 Å². The molecule has 0 saturated carbocycles. The molecule has 0 atom stereocenters. The van der Waals surface area contributed by atoms with E-state index in [1.807, 2.05) is 24.3 Å². The third kappa shape index (κ3) is 4.64. The van der Waals surface area contributed by atoms with Gasteiger partial charge in [-0.05, 0) is 55.3 Å². The fraction of sp³-hybridized carbons (Fsp3) is 0.182. The van der Waals surface area contributed by atoms with Crippen LogP contribution in [0, 0.1) is 19.7 Å². The van der Waals surface area contributed by atoms with Crippen molar-refractivity contribution in [2.24, 2.45) is 0 Å². The number of hydrogen-bond donors (Lipinski definition) is 1. The Bertz CT molecular complexity index is 910. The first kappa shape index (κ1) is 18.5. The molecule has 0 aliphatic rings. The van der Waals surface area contributed by atoms with Crippen molar-refractivity contribution < 1.29 is 9.13 Å². The summed E-state index contributed by atoms with van der Waals surface area (Å²) in [6, 6.07) is 18.9. The molecule has 4 heteroatoms. The van der Waals surface area contributed by atoms with Crippen molar-refractivity contribution >= 4 is 21.6 Å². The summed E-state index contributed by atoms with van der Waals surface area (Å²) in [5.74, 6) is 0.494. The number of rotatable bonds is 6. The van der Waals surface area contributed by atoms with Crippen LogP contribution in [0.1, 0.15) is 22.3 Å². The van der Waals surface area contributed by atoms with Crippen molar-refractivity contribution in [3.05, 3.63) is 93.2 Å². The van der Waals surface area contributed by atoms with E-state index >= 15 is 0 Å². The molecule has 1 N–H and O–H groups in total. The number of aryl methyl sites for hydroxylation is 2. The Balaban J connectivity index is 1.75. The third-order valence-electron chi connectivity index (χ3n) is 4.23. The van der Waals surface area contributed by atoms with E-state index in [-0.39, 0.29) is 12.4 Å². The highest BCUT2D eigenvalue weighted by molar-refractivity contribution is 9.10. The topological polar surface area (TPSA) is 21.3 Å². The van der Waals surface area contributed by atoms with Crippen LogP contribution >= 0.6 is 15.9 Å². The van der Waals surface area contributed by atoms with Gasteiger partial charge in [-0.1, -0.05) is 46.3 Å². The summed E-state index contributed by atoms with van der Waals surface area (Å²) in [4.78, 5) is 0. The zero-order valence-electron chi connectivity index (χ0n) is 14.9. The molecule has 0 bridgehead atoms. The standard InChI is InChI=1S/C22H21BrFNO/c1-15-7-8-16(2)21(11-15)25-13-18-12-19(23)9-10-22(18)26-14-17-5-3-4-6-20(17)24/h3-12,25H,13-14H2,1-2H3. The first-order valence-corrected chi connectivity index (χ1v) is 9.28. The van der Waals surface area contributed by atoms with Crippen molar-refractivity contribution in [2.45, 2.75) is 27.0 Å². The van der Waals surface area contributed by atoms with Gasteiger partial charge in [-0.25, -0.2) is 4.39 Å². The molecule has 26 heavy (non-hydrogen) atoms. The van der Waals surface area contributed by atoms with Crippen LogP contribution in [-0.4, -0.2) is 0 Å². The average molecular weight is 414 g/mol. The van der Waals surface area contributed by atoms with Gasteiger partial charge in [-0.15, -0.1) is 0 Å². The number of hydrogen-bond acceptors (Lipinski definition) is 2. The fourth-order valence-corrected chi connectivity index (χ4v) is 3.12. The van der Waals surface area contributed by atoms with Gasteiger partial charge in [0.15, 0.2) is 0 Å². The van der Waals surface area contributed by atoms with Gasteiger partial charge in [0.25, 0.3) is 0 Å². The van der Waals surface area contributed by atoms with Crippen molar-refractivity contribution in [1.82, 2.24) is 0 Å². The summed E-state index contributed by atoms with van der Waals surface area (Å²) < 4.78 is 20.7. The molecular weight excluding hydrogens is 393 g/mol. The SMILES string of the molecule is Cc1ccc(C)c(NCc2cc(Br)ccc2OCc2ccccc2F)c1. The first-order chi connectivity index (χ1) is 12.5. The smallest absolute Gasteiger partial charge is 0.129 e. The minimum Gasteiger partial charge on any atom is -0.488 e. The van der Waals surface area contributed by atoms with Crippen LogP contribution in [0.3, 0.4) is 0 Å². The molecule has 0 fully saturated rings. The number of ether oxygens (including phenoxy) is 1. The molecule has 134 valence electrons. The fourth-order valence-electron chi connectivity index (χ4n) is 2.71. The molecule has 0 aromatic heterocycles. The van der Waals surface area contributed by atoms with Gasteiger partial charge in [0.1, 0.15) is 18.2 Å². The van der Waals surface area contributed by atoms with Crippen LogP contribution in [0.2, 0.25) is 0 Å². The van der Waals surface area contributed by atoms with Gasteiger partial charge in [-0.2, -0.15) is 0 Å². The molecule has 0 unspecified atom stereocenters. The summed E-state index contributed by atoms with van der Waals surface area (Å²) in [6.07, 6.45) is 0. The number of anilines is 1. The molecule has 2 nitrogen and oxygen atoms in total. The normalized spacial score (nSPS) is 10.6. The average Bonchev–Trinajstić information content (AvgIpc) is 2.63. The number of nitrogens with one attached hydrogen (secondary N) is 1. The zero-order valence-corrected chi connectivity index (χ0v) is 16.4. The van der Waals surface area contributed by atoms with Crippen LogP contribution < -0.4 is 10.1 Å². The lowest BCUT2D eigenvalue weighted by molar-refractivity contribution is 0.297. The summed E-state index contributed by atoms with van der Waals surface area (Å²) in [5.41, 5.74) is 5.06. The Hall–Kier alpha value is -2.33. The quantitative estimate of drug-likeness (QED) is 0.504. The highest BCUT2D eigenvalue weighted by Gasteiger charge is 2.08. The largest absolute Gasteiger partial charge is 0.488 e. The molecule has 0 heterocycles. The molecule has 0 radical (unpaired) electrons. The first-order valence-electron chi connectivity index (χ1n) is 8.48. The Labute approximate surface area is 162 Å². The molecule has 3 rings (SSSR count). The van der Waals surface area contributed by atoms with E-state index in [4.69, 9.17) is 4.74 Å². The minimum absolute atomic E-state index is 0.199. The Morgan fingerprint density at radius 1 is 0.962 bits per heavy atom. The second-order valence-corrected chi connectivity index (χ2v) is 7.22. The maximum Gasteiger partial charge on any atom is 0.129 e. The maximum atomic E-state index is 13.8. The number of benzene rings is 3. The summed E-state index contributed by atoms with van der Waals surface area (Å²) in [5, 5.41) is 3.47. The highest BCUT2D eigenvalue weighted by Crippen LogP contribution is 2.26.